The average molecular weight is 247 g/mol. The molecule has 1 aliphatic carbocycles. The predicted octanol–water partition coefficient (Wildman–Crippen LogP) is 2.52. The van der Waals surface area contributed by atoms with Gasteiger partial charge >= 0.3 is 5.97 Å². The number of ether oxygens (including phenoxy) is 1. The first-order valence-corrected chi connectivity index (χ1v) is 6.64. The topological polar surface area (TPSA) is 38.3 Å². The van der Waals surface area contributed by atoms with Crippen LogP contribution in [0.15, 0.2) is 18.2 Å². The Morgan fingerprint density at radius 2 is 2.33 bits per heavy atom. The van der Waals surface area contributed by atoms with Gasteiger partial charge in [0.1, 0.15) is 6.04 Å². The van der Waals surface area contributed by atoms with Gasteiger partial charge in [-0.1, -0.05) is 23.8 Å². The van der Waals surface area contributed by atoms with E-state index in [9.17, 15) is 4.79 Å². The van der Waals surface area contributed by atoms with E-state index in [1.54, 1.807) is 0 Å². The van der Waals surface area contributed by atoms with Gasteiger partial charge in [0, 0.05) is 6.04 Å². The molecule has 3 heteroatoms. The lowest BCUT2D eigenvalue weighted by Crippen LogP contribution is -2.37. The van der Waals surface area contributed by atoms with Gasteiger partial charge in [-0.3, -0.25) is 10.1 Å². The van der Waals surface area contributed by atoms with Crippen LogP contribution in [0.2, 0.25) is 0 Å². The largest absolute Gasteiger partial charge is 0.465 e. The number of esters is 1. The molecule has 1 aromatic rings. The highest BCUT2D eigenvalue weighted by molar-refractivity contribution is 5.75. The van der Waals surface area contributed by atoms with Gasteiger partial charge in [-0.05, 0) is 44.7 Å². The van der Waals surface area contributed by atoms with E-state index in [1.807, 2.05) is 13.8 Å². The van der Waals surface area contributed by atoms with Gasteiger partial charge in [0.2, 0.25) is 0 Å². The fourth-order valence-electron chi connectivity index (χ4n) is 2.53. The van der Waals surface area contributed by atoms with E-state index in [4.69, 9.17) is 4.74 Å². The van der Waals surface area contributed by atoms with E-state index >= 15 is 0 Å². The van der Waals surface area contributed by atoms with Crippen LogP contribution in [0, 0.1) is 6.92 Å². The number of nitrogens with one attached hydrogen (secondary N) is 1. The van der Waals surface area contributed by atoms with Crippen molar-refractivity contribution in [3.8, 4) is 0 Å². The summed E-state index contributed by atoms with van der Waals surface area (Å²) in [6.45, 7) is 6.24. The fraction of sp³-hybridized carbons (Fsp3) is 0.533. The summed E-state index contributed by atoms with van der Waals surface area (Å²) in [7, 11) is 0. The Kier molecular flexibility index (Phi) is 4.02. The Hall–Kier alpha value is -1.35. The summed E-state index contributed by atoms with van der Waals surface area (Å²) in [5.41, 5.74) is 4.01. The highest BCUT2D eigenvalue weighted by atomic mass is 16.5. The minimum absolute atomic E-state index is 0.168. The molecule has 0 saturated carbocycles. The van der Waals surface area contributed by atoms with Crippen molar-refractivity contribution in [1.29, 1.82) is 0 Å². The SMILES string of the molecule is CCOC(=O)C(C)NC1CCc2ccc(C)cc21. The summed E-state index contributed by atoms with van der Waals surface area (Å²) in [5.74, 6) is -0.168. The van der Waals surface area contributed by atoms with Crippen LogP contribution >= 0.6 is 0 Å². The quantitative estimate of drug-likeness (QED) is 0.831. The Labute approximate surface area is 109 Å². The standard InChI is InChI=1S/C15H21NO2/c1-4-18-15(17)11(3)16-14-8-7-12-6-5-10(2)9-13(12)14/h5-6,9,11,14,16H,4,7-8H2,1-3H3. The third kappa shape index (κ3) is 2.72. The molecule has 2 unspecified atom stereocenters. The van der Waals surface area contributed by atoms with Gasteiger partial charge in [-0.15, -0.1) is 0 Å². The van der Waals surface area contributed by atoms with Gasteiger partial charge < -0.3 is 4.74 Å². The van der Waals surface area contributed by atoms with Crippen molar-refractivity contribution in [2.24, 2.45) is 0 Å². The molecule has 3 nitrogen and oxygen atoms in total. The Morgan fingerprint density at radius 3 is 3.06 bits per heavy atom. The molecule has 0 radical (unpaired) electrons. The first kappa shape index (κ1) is 13.1. The summed E-state index contributed by atoms with van der Waals surface area (Å²) in [6.07, 6.45) is 2.14. The van der Waals surface area contributed by atoms with Crippen LogP contribution in [0.25, 0.3) is 0 Å². The second kappa shape index (κ2) is 5.53. The molecule has 1 N–H and O–H groups in total. The molecule has 2 atom stereocenters. The number of benzene rings is 1. The van der Waals surface area contributed by atoms with Crippen molar-refractivity contribution in [1.82, 2.24) is 5.32 Å². The monoisotopic (exact) mass is 247 g/mol. The fourth-order valence-corrected chi connectivity index (χ4v) is 2.53. The molecule has 0 spiro atoms. The molecule has 1 aromatic carbocycles. The molecule has 0 bridgehead atoms. The van der Waals surface area contributed by atoms with Gasteiger partial charge in [-0.2, -0.15) is 0 Å². The van der Waals surface area contributed by atoms with Crippen molar-refractivity contribution < 1.29 is 9.53 Å². The number of carbonyl (C=O) groups excluding carboxylic acids is 1. The van der Waals surface area contributed by atoms with Gasteiger partial charge in [0.25, 0.3) is 0 Å². The van der Waals surface area contributed by atoms with Crippen molar-refractivity contribution in [3.63, 3.8) is 0 Å². The minimum atomic E-state index is -0.249. The molecule has 1 aliphatic rings. The van der Waals surface area contributed by atoms with Crippen molar-refractivity contribution in [2.45, 2.75) is 45.7 Å². The zero-order chi connectivity index (χ0) is 13.1. The lowest BCUT2D eigenvalue weighted by atomic mass is 10.0. The highest BCUT2D eigenvalue weighted by Crippen LogP contribution is 2.32. The van der Waals surface area contributed by atoms with Crippen LogP contribution in [-0.2, 0) is 16.0 Å². The number of rotatable bonds is 4. The summed E-state index contributed by atoms with van der Waals surface area (Å²) in [5, 5.41) is 3.37. The van der Waals surface area contributed by atoms with E-state index in [1.165, 1.54) is 16.7 Å². The molecule has 0 fully saturated rings. The lowest BCUT2D eigenvalue weighted by molar-refractivity contribution is -0.145. The molecular formula is C15H21NO2. The van der Waals surface area contributed by atoms with Crippen LogP contribution in [0.5, 0.6) is 0 Å². The van der Waals surface area contributed by atoms with Crippen LogP contribution < -0.4 is 5.32 Å². The number of carbonyl (C=O) groups is 1. The third-order valence-electron chi connectivity index (χ3n) is 3.47. The molecule has 0 aromatic heterocycles. The second-order valence-electron chi connectivity index (χ2n) is 4.93. The van der Waals surface area contributed by atoms with Gasteiger partial charge in [0.15, 0.2) is 0 Å². The molecule has 18 heavy (non-hydrogen) atoms. The molecule has 0 heterocycles. The first-order chi connectivity index (χ1) is 8.61. The zero-order valence-corrected chi connectivity index (χ0v) is 11.3. The number of aryl methyl sites for hydroxylation is 2. The maximum absolute atomic E-state index is 11.6. The molecular weight excluding hydrogens is 226 g/mol. The molecule has 0 amide bonds. The van der Waals surface area contributed by atoms with Crippen molar-refractivity contribution >= 4 is 5.97 Å². The van der Waals surface area contributed by atoms with E-state index in [0.717, 1.165) is 12.8 Å². The lowest BCUT2D eigenvalue weighted by Gasteiger charge is -2.19. The Morgan fingerprint density at radius 1 is 1.56 bits per heavy atom. The number of fused-ring (bicyclic) bond motifs is 1. The summed E-state index contributed by atoms with van der Waals surface area (Å²) < 4.78 is 5.02. The van der Waals surface area contributed by atoms with Crippen molar-refractivity contribution in [2.75, 3.05) is 6.61 Å². The third-order valence-corrected chi connectivity index (χ3v) is 3.47. The average Bonchev–Trinajstić information content (AvgIpc) is 2.72. The minimum Gasteiger partial charge on any atom is -0.465 e. The Balaban J connectivity index is 2.05. The van der Waals surface area contributed by atoms with Crippen LogP contribution in [0.3, 0.4) is 0 Å². The molecule has 0 aliphatic heterocycles. The van der Waals surface area contributed by atoms with E-state index in [-0.39, 0.29) is 18.1 Å². The zero-order valence-electron chi connectivity index (χ0n) is 11.3. The normalized spacial score (nSPS) is 19.4. The molecule has 2 rings (SSSR count). The summed E-state index contributed by atoms with van der Waals surface area (Å²) >= 11 is 0. The molecule has 0 saturated heterocycles. The van der Waals surface area contributed by atoms with E-state index < -0.39 is 0 Å². The Bertz CT molecular complexity index is 442. The second-order valence-corrected chi connectivity index (χ2v) is 4.93. The first-order valence-electron chi connectivity index (χ1n) is 6.64. The highest BCUT2D eigenvalue weighted by Gasteiger charge is 2.26. The van der Waals surface area contributed by atoms with Crippen LogP contribution in [-0.4, -0.2) is 18.6 Å². The predicted molar refractivity (Wildman–Crippen MR) is 71.5 cm³/mol. The van der Waals surface area contributed by atoms with Crippen LogP contribution in [0.1, 0.15) is 43.0 Å². The maximum Gasteiger partial charge on any atom is 0.322 e. The summed E-state index contributed by atoms with van der Waals surface area (Å²) in [4.78, 5) is 11.6. The van der Waals surface area contributed by atoms with Gasteiger partial charge in [-0.25, -0.2) is 0 Å². The van der Waals surface area contributed by atoms with Crippen molar-refractivity contribution in [3.05, 3.63) is 34.9 Å². The molecule has 98 valence electrons. The number of hydrogen-bond acceptors (Lipinski definition) is 3. The smallest absolute Gasteiger partial charge is 0.322 e. The summed E-state index contributed by atoms with van der Waals surface area (Å²) in [6, 6.07) is 6.59. The van der Waals surface area contributed by atoms with E-state index in [2.05, 4.69) is 30.4 Å². The van der Waals surface area contributed by atoms with Gasteiger partial charge in [0.05, 0.1) is 6.61 Å². The van der Waals surface area contributed by atoms with E-state index in [0.29, 0.717) is 6.61 Å². The maximum atomic E-state index is 11.6. The number of hydrogen-bond donors (Lipinski definition) is 1. The van der Waals surface area contributed by atoms with Crippen LogP contribution in [0.4, 0.5) is 0 Å².